The lowest BCUT2D eigenvalue weighted by atomic mass is 9.86. The monoisotopic (exact) mass is 298 g/mol. The Balaban J connectivity index is 2.17. The normalized spacial score (nSPS) is 11.1. The van der Waals surface area contributed by atoms with Crippen LogP contribution in [0, 0.1) is 0 Å². The van der Waals surface area contributed by atoms with Crippen molar-refractivity contribution in [1.29, 1.82) is 0 Å². The minimum atomic E-state index is -0.0758. The Morgan fingerprint density at radius 3 is 2.27 bits per heavy atom. The zero-order valence-electron chi connectivity index (χ0n) is 13.5. The first-order valence-electron chi connectivity index (χ1n) is 7.40. The van der Waals surface area contributed by atoms with Crippen molar-refractivity contribution in [2.75, 3.05) is 10.6 Å². The predicted molar refractivity (Wildman–Crippen MR) is 89.4 cm³/mol. The van der Waals surface area contributed by atoms with Crippen molar-refractivity contribution in [3.63, 3.8) is 0 Å². The average Bonchev–Trinajstić information content (AvgIpc) is 2.48. The third-order valence-corrected chi connectivity index (χ3v) is 3.25. The van der Waals surface area contributed by atoms with Gasteiger partial charge in [0.25, 0.3) is 0 Å². The number of aromatic nitrogens is 2. The summed E-state index contributed by atoms with van der Waals surface area (Å²) < 4.78 is 0. The van der Waals surface area contributed by atoms with Gasteiger partial charge in [0.2, 0.25) is 5.91 Å². The van der Waals surface area contributed by atoms with Crippen LogP contribution < -0.4 is 10.6 Å². The molecule has 116 valence electrons. The third-order valence-electron chi connectivity index (χ3n) is 3.25. The largest absolute Gasteiger partial charge is 0.338 e. The second kappa shape index (κ2) is 6.56. The van der Waals surface area contributed by atoms with E-state index < -0.39 is 0 Å². The number of hydrogen-bond acceptors (Lipinski definition) is 4. The van der Waals surface area contributed by atoms with Gasteiger partial charge >= 0.3 is 0 Å². The molecule has 2 N–H and O–H groups in total. The van der Waals surface area contributed by atoms with Crippen LogP contribution >= 0.6 is 0 Å². The lowest BCUT2D eigenvalue weighted by Gasteiger charge is -2.23. The van der Waals surface area contributed by atoms with Crippen molar-refractivity contribution in [2.45, 2.75) is 39.5 Å². The summed E-state index contributed by atoms with van der Waals surface area (Å²) in [5.74, 6) is 1.03. The SMILES string of the molecule is CCC(=O)Nc1ccc(Nc2ccccc2C(C)(C)C)nn1. The second-order valence-electron chi connectivity index (χ2n) is 6.13. The molecular formula is C17H22N4O. The van der Waals surface area contributed by atoms with Gasteiger partial charge in [-0.25, -0.2) is 0 Å². The van der Waals surface area contributed by atoms with Crippen LogP contribution in [-0.4, -0.2) is 16.1 Å². The fourth-order valence-corrected chi connectivity index (χ4v) is 2.08. The molecule has 0 aliphatic rings. The zero-order valence-corrected chi connectivity index (χ0v) is 13.5. The Kier molecular flexibility index (Phi) is 4.75. The Morgan fingerprint density at radius 2 is 1.68 bits per heavy atom. The fraction of sp³-hybridized carbons (Fsp3) is 0.353. The predicted octanol–water partition coefficient (Wildman–Crippen LogP) is 3.87. The molecule has 1 heterocycles. The van der Waals surface area contributed by atoms with Gasteiger partial charge in [-0.05, 0) is 29.2 Å². The smallest absolute Gasteiger partial charge is 0.225 e. The summed E-state index contributed by atoms with van der Waals surface area (Å²) in [5.41, 5.74) is 2.25. The molecule has 1 aromatic heterocycles. The zero-order chi connectivity index (χ0) is 16.2. The molecule has 0 radical (unpaired) electrons. The number of rotatable bonds is 4. The Bertz CT molecular complexity index is 644. The number of benzene rings is 1. The van der Waals surface area contributed by atoms with Crippen molar-refractivity contribution < 1.29 is 4.79 Å². The van der Waals surface area contributed by atoms with Crippen LogP contribution in [0.1, 0.15) is 39.7 Å². The van der Waals surface area contributed by atoms with Crippen LogP contribution in [0.3, 0.4) is 0 Å². The highest BCUT2D eigenvalue weighted by Crippen LogP contribution is 2.30. The third kappa shape index (κ3) is 4.04. The summed E-state index contributed by atoms with van der Waals surface area (Å²) in [6.45, 7) is 8.30. The van der Waals surface area contributed by atoms with Crippen LogP contribution in [-0.2, 0) is 10.2 Å². The highest BCUT2D eigenvalue weighted by molar-refractivity contribution is 5.89. The van der Waals surface area contributed by atoms with E-state index in [1.54, 1.807) is 19.1 Å². The van der Waals surface area contributed by atoms with E-state index in [0.29, 0.717) is 18.1 Å². The highest BCUT2D eigenvalue weighted by atomic mass is 16.1. The minimum Gasteiger partial charge on any atom is -0.338 e. The molecule has 2 rings (SSSR count). The molecule has 0 bridgehead atoms. The summed E-state index contributed by atoms with van der Waals surface area (Å²) in [6, 6.07) is 11.7. The first kappa shape index (κ1) is 15.9. The van der Waals surface area contributed by atoms with E-state index in [1.165, 1.54) is 5.56 Å². The van der Waals surface area contributed by atoms with Gasteiger partial charge in [0.05, 0.1) is 0 Å². The molecule has 22 heavy (non-hydrogen) atoms. The van der Waals surface area contributed by atoms with E-state index in [4.69, 9.17) is 0 Å². The maximum absolute atomic E-state index is 11.3. The second-order valence-corrected chi connectivity index (χ2v) is 6.13. The molecule has 5 nitrogen and oxygen atoms in total. The number of nitrogens with zero attached hydrogens (tertiary/aromatic N) is 2. The number of para-hydroxylation sites is 1. The molecule has 0 aliphatic heterocycles. The molecule has 1 amide bonds. The van der Waals surface area contributed by atoms with Crippen molar-refractivity contribution in [3.8, 4) is 0 Å². The van der Waals surface area contributed by atoms with E-state index >= 15 is 0 Å². The Morgan fingerprint density at radius 1 is 1.05 bits per heavy atom. The van der Waals surface area contributed by atoms with Gasteiger partial charge in [0.1, 0.15) is 0 Å². The molecule has 0 atom stereocenters. The molecular weight excluding hydrogens is 276 g/mol. The van der Waals surface area contributed by atoms with E-state index in [1.807, 2.05) is 18.2 Å². The Hall–Kier alpha value is -2.43. The van der Waals surface area contributed by atoms with Crippen LogP contribution in [0.25, 0.3) is 0 Å². The van der Waals surface area contributed by atoms with E-state index in [2.05, 4.69) is 47.7 Å². The summed E-state index contributed by atoms with van der Waals surface area (Å²) in [6.07, 6.45) is 0.417. The van der Waals surface area contributed by atoms with E-state index in [9.17, 15) is 4.79 Å². The molecule has 0 spiro atoms. The summed E-state index contributed by atoms with van der Waals surface area (Å²) in [5, 5.41) is 14.1. The standard InChI is InChI=1S/C17H22N4O/c1-5-16(22)19-15-11-10-14(20-21-15)18-13-9-7-6-8-12(13)17(2,3)4/h6-11H,5H2,1-4H3,(H,18,20)(H,19,21,22). The summed E-state index contributed by atoms with van der Waals surface area (Å²) in [7, 11) is 0. The number of carbonyl (C=O) groups excluding carboxylic acids is 1. The average molecular weight is 298 g/mol. The summed E-state index contributed by atoms with van der Waals surface area (Å²) in [4.78, 5) is 11.3. The molecule has 0 fully saturated rings. The lowest BCUT2D eigenvalue weighted by molar-refractivity contribution is -0.115. The van der Waals surface area contributed by atoms with Gasteiger partial charge in [0.15, 0.2) is 11.6 Å². The van der Waals surface area contributed by atoms with Gasteiger partial charge in [-0.15, -0.1) is 10.2 Å². The van der Waals surface area contributed by atoms with Crippen LogP contribution in [0.2, 0.25) is 0 Å². The van der Waals surface area contributed by atoms with Crippen LogP contribution in [0.4, 0.5) is 17.3 Å². The maximum Gasteiger partial charge on any atom is 0.225 e. The molecule has 1 aromatic carbocycles. The van der Waals surface area contributed by atoms with Gasteiger partial charge in [-0.3, -0.25) is 4.79 Å². The highest BCUT2D eigenvalue weighted by Gasteiger charge is 2.17. The van der Waals surface area contributed by atoms with E-state index in [-0.39, 0.29) is 11.3 Å². The number of anilines is 3. The minimum absolute atomic E-state index is 0.0338. The van der Waals surface area contributed by atoms with Gasteiger partial charge in [-0.1, -0.05) is 45.9 Å². The number of hydrogen-bond donors (Lipinski definition) is 2. The fourth-order valence-electron chi connectivity index (χ4n) is 2.08. The maximum atomic E-state index is 11.3. The molecule has 5 heteroatoms. The number of nitrogens with one attached hydrogen (secondary N) is 2. The molecule has 0 saturated carbocycles. The van der Waals surface area contributed by atoms with Gasteiger partial charge in [-0.2, -0.15) is 0 Å². The summed E-state index contributed by atoms with van der Waals surface area (Å²) >= 11 is 0. The molecule has 2 aromatic rings. The topological polar surface area (TPSA) is 66.9 Å². The Labute approximate surface area is 131 Å². The quantitative estimate of drug-likeness (QED) is 0.899. The number of amides is 1. The van der Waals surface area contributed by atoms with Crippen molar-refractivity contribution >= 4 is 23.2 Å². The molecule has 0 saturated heterocycles. The lowest BCUT2D eigenvalue weighted by Crippen LogP contribution is -2.14. The van der Waals surface area contributed by atoms with Crippen LogP contribution in [0.5, 0.6) is 0 Å². The molecule has 0 unspecified atom stereocenters. The first-order valence-corrected chi connectivity index (χ1v) is 7.40. The van der Waals surface area contributed by atoms with Crippen molar-refractivity contribution in [3.05, 3.63) is 42.0 Å². The van der Waals surface area contributed by atoms with Crippen molar-refractivity contribution in [2.24, 2.45) is 0 Å². The van der Waals surface area contributed by atoms with Crippen molar-refractivity contribution in [1.82, 2.24) is 10.2 Å². The first-order chi connectivity index (χ1) is 10.4. The van der Waals surface area contributed by atoms with Crippen LogP contribution in [0.15, 0.2) is 36.4 Å². The van der Waals surface area contributed by atoms with E-state index in [0.717, 1.165) is 5.69 Å². The molecule has 0 aliphatic carbocycles. The van der Waals surface area contributed by atoms with Gasteiger partial charge in [0, 0.05) is 12.1 Å². The van der Waals surface area contributed by atoms with Gasteiger partial charge < -0.3 is 10.6 Å². The number of carbonyl (C=O) groups is 1.